The summed E-state index contributed by atoms with van der Waals surface area (Å²) in [5, 5.41) is 4.91. The first-order valence-electron chi connectivity index (χ1n) is 4.09. The molecule has 1 aliphatic heterocycles. The topological polar surface area (TPSA) is 93.5 Å². The summed E-state index contributed by atoms with van der Waals surface area (Å²) >= 11 is 0. The van der Waals surface area contributed by atoms with Gasteiger partial charge in [0.25, 0.3) is 0 Å². The number of ether oxygens (including phenoxy) is 1. The predicted molar refractivity (Wildman–Crippen MR) is 45.0 cm³/mol. The monoisotopic (exact) mass is 187 g/mol. The van der Waals surface area contributed by atoms with Crippen LogP contribution in [0.25, 0.3) is 0 Å². The van der Waals surface area contributed by atoms with Crippen LogP contribution < -0.4 is 16.4 Å². The van der Waals surface area contributed by atoms with Crippen molar-refractivity contribution in [2.45, 2.75) is 12.5 Å². The number of urea groups is 1. The number of nitrogens with one attached hydrogen (secondary N) is 2. The second-order valence-corrected chi connectivity index (χ2v) is 2.85. The maximum atomic E-state index is 11.1. The van der Waals surface area contributed by atoms with Gasteiger partial charge >= 0.3 is 6.03 Å². The molecule has 4 N–H and O–H groups in total. The minimum atomic E-state index is -0.696. The normalized spacial score (nSPS) is 21.1. The molecule has 3 amide bonds. The van der Waals surface area contributed by atoms with Crippen LogP contribution in [0.4, 0.5) is 4.79 Å². The van der Waals surface area contributed by atoms with Gasteiger partial charge in [0.15, 0.2) is 0 Å². The first-order valence-corrected chi connectivity index (χ1v) is 4.09. The molecule has 0 radical (unpaired) electrons. The minimum absolute atomic E-state index is 0.0715. The first-order chi connectivity index (χ1) is 6.18. The molecule has 13 heavy (non-hydrogen) atoms. The molecule has 0 aromatic carbocycles. The summed E-state index contributed by atoms with van der Waals surface area (Å²) in [5.41, 5.74) is 4.79. The van der Waals surface area contributed by atoms with E-state index in [1.54, 1.807) is 0 Å². The number of rotatable bonds is 3. The third-order valence-corrected chi connectivity index (χ3v) is 1.72. The maximum absolute atomic E-state index is 11.1. The molecule has 0 saturated carbocycles. The van der Waals surface area contributed by atoms with Crippen molar-refractivity contribution in [2.24, 2.45) is 5.73 Å². The van der Waals surface area contributed by atoms with E-state index in [0.29, 0.717) is 13.2 Å². The number of carbonyl (C=O) groups is 2. The Labute approximate surface area is 75.8 Å². The Balaban J connectivity index is 2.13. The molecule has 0 spiro atoms. The second kappa shape index (κ2) is 4.66. The zero-order valence-electron chi connectivity index (χ0n) is 7.21. The summed E-state index contributed by atoms with van der Waals surface area (Å²) in [6, 6.07) is -0.625. The lowest BCUT2D eigenvalue weighted by Crippen LogP contribution is -2.43. The van der Waals surface area contributed by atoms with Crippen molar-refractivity contribution in [2.75, 3.05) is 19.8 Å². The standard InChI is InChI=1S/C7H13N3O3/c8-7(12)9-3-6(11)10-5-1-2-13-4-5/h5H,1-4H2,(H,10,11)(H3,8,9,12). The molecule has 1 heterocycles. The van der Waals surface area contributed by atoms with E-state index in [9.17, 15) is 9.59 Å². The smallest absolute Gasteiger partial charge is 0.312 e. The molecule has 0 aliphatic carbocycles. The number of hydrogen-bond donors (Lipinski definition) is 3. The predicted octanol–water partition coefficient (Wildman–Crippen LogP) is -1.44. The SMILES string of the molecule is NC(=O)NCC(=O)NC1CCOC1. The van der Waals surface area contributed by atoms with Crippen molar-refractivity contribution in [1.29, 1.82) is 0 Å². The van der Waals surface area contributed by atoms with E-state index in [-0.39, 0.29) is 18.5 Å². The van der Waals surface area contributed by atoms with Gasteiger partial charge in [-0.25, -0.2) is 4.79 Å². The summed E-state index contributed by atoms with van der Waals surface area (Å²) in [6.07, 6.45) is 0.822. The zero-order valence-corrected chi connectivity index (χ0v) is 7.21. The fourth-order valence-corrected chi connectivity index (χ4v) is 1.09. The summed E-state index contributed by atoms with van der Waals surface area (Å²) in [4.78, 5) is 21.3. The molecule has 74 valence electrons. The van der Waals surface area contributed by atoms with Gasteiger partial charge in [0.1, 0.15) is 0 Å². The largest absolute Gasteiger partial charge is 0.379 e. The molecule has 1 atom stereocenters. The van der Waals surface area contributed by atoms with Crippen LogP contribution in [0.5, 0.6) is 0 Å². The zero-order chi connectivity index (χ0) is 9.68. The van der Waals surface area contributed by atoms with Crippen molar-refractivity contribution < 1.29 is 14.3 Å². The molecule has 1 rings (SSSR count). The average Bonchev–Trinajstić information content (AvgIpc) is 2.53. The van der Waals surface area contributed by atoms with Crippen LogP contribution in [0.15, 0.2) is 0 Å². The Kier molecular flexibility index (Phi) is 3.51. The van der Waals surface area contributed by atoms with Crippen molar-refractivity contribution >= 4 is 11.9 Å². The second-order valence-electron chi connectivity index (χ2n) is 2.85. The molecule has 1 unspecified atom stereocenters. The van der Waals surface area contributed by atoms with Crippen molar-refractivity contribution in [3.8, 4) is 0 Å². The Bertz CT molecular complexity index is 201. The molecular weight excluding hydrogens is 174 g/mol. The Hall–Kier alpha value is -1.30. The van der Waals surface area contributed by atoms with E-state index in [0.717, 1.165) is 6.42 Å². The highest BCUT2D eigenvalue weighted by molar-refractivity contribution is 5.83. The molecule has 6 nitrogen and oxygen atoms in total. The molecule has 0 bridgehead atoms. The average molecular weight is 187 g/mol. The van der Waals surface area contributed by atoms with E-state index >= 15 is 0 Å². The summed E-state index contributed by atoms with van der Waals surface area (Å²) in [7, 11) is 0. The van der Waals surface area contributed by atoms with Gasteiger partial charge in [0.2, 0.25) is 5.91 Å². The van der Waals surface area contributed by atoms with E-state index in [1.165, 1.54) is 0 Å². The van der Waals surface area contributed by atoms with Gasteiger partial charge in [0, 0.05) is 6.61 Å². The van der Waals surface area contributed by atoms with Crippen LogP contribution in [0.3, 0.4) is 0 Å². The van der Waals surface area contributed by atoms with Crippen molar-refractivity contribution in [3.05, 3.63) is 0 Å². The summed E-state index contributed by atoms with van der Waals surface area (Å²) < 4.78 is 5.06. The van der Waals surface area contributed by atoms with Crippen LogP contribution in [0.2, 0.25) is 0 Å². The lowest BCUT2D eigenvalue weighted by molar-refractivity contribution is -0.120. The number of nitrogens with two attached hydrogens (primary N) is 1. The van der Waals surface area contributed by atoms with Crippen LogP contribution in [-0.4, -0.2) is 37.7 Å². The third-order valence-electron chi connectivity index (χ3n) is 1.72. The lowest BCUT2D eigenvalue weighted by atomic mass is 10.2. The minimum Gasteiger partial charge on any atom is -0.379 e. The molecule has 0 aromatic rings. The van der Waals surface area contributed by atoms with Crippen LogP contribution in [0.1, 0.15) is 6.42 Å². The summed E-state index contributed by atoms with van der Waals surface area (Å²) in [6.45, 7) is 1.14. The lowest BCUT2D eigenvalue weighted by Gasteiger charge is -2.10. The summed E-state index contributed by atoms with van der Waals surface area (Å²) in [5.74, 6) is -0.241. The Morgan fingerprint density at radius 3 is 2.85 bits per heavy atom. The van der Waals surface area contributed by atoms with E-state index in [1.807, 2.05) is 0 Å². The fraction of sp³-hybridized carbons (Fsp3) is 0.714. The van der Waals surface area contributed by atoms with Gasteiger partial charge in [-0.3, -0.25) is 4.79 Å². The van der Waals surface area contributed by atoms with Crippen LogP contribution in [-0.2, 0) is 9.53 Å². The van der Waals surface area contributed by atoms with E-state index in [2.05, 4.69) is 10.6 Å². The molecule has 0 aromatic heterocycles. The number of primary amides is 1. The Morgan fingerprint density at radius 1 is 1.54 bits per heavy atom. The maximum Gasteiger partial charge on any atom is 0.312 e. The molecule has 1 aliphatic rings. The van der Waals surface area contributed by atoms with Crippen LogP contribution >= 0.6 is 0 Å². The van der Waals surface area contributed by atoms with E-state index in [4.69, 9.17) is 10.5 Å². The highest BCUT2D eigenvalue weighted by Gasteiger charge is 2.17. The van der Waals surface area contributed by atoms with Gasteiger partial charge in [0.05, 0.1) is 19.2 Å². The van der Waals surface area contributed by atoms with E-state index < -0.39 is 6.03 Å². The van der Waals surface area contributed by atoms with Crippen molar-refractivity contribution in [3.63, 3.8) is 0 Å². The first kappa shape index (κ1) is 9.79. The Morgan fingerprint density at radius 2 is 2.31 bits per heavy atom. The molecular formula is C7H13N3O3. The number of carbonyl (C=O) groups excluding carboxylic acids is 2. The molecule has 1 fully saturated rings. The number of hydrogen-bond acceptors (Lipinski definition) is 3. The van der Waals surface area contributed by atoms with Gasteiger partial charge in [-0.05, 0) is 6.42 Å². The van der Waals surface area contributed by atoms with Crippen molar-refractivity contribution in [1.82, 2.24) is 10.6 Å². The van der Waals surface area contributed by atoms with Gasteiger partial charge in [-0.15, -0.1) is 0 Å². The molecule has 6 heteroatoms. The fourth-order valence-electron chi connectivity index (χ4n) is 1.09. The third kappa shape index (κ3) is 3.75. The quantitative estimate of drug-likeness (QED) is 0.505. The number of amides is 3. The van der Waals surface area contributed by atoms with Gasteiger partial charge in [-0.2, -0.15) is 0 Å². The highest BCUT2D eigenvalue weighted by Crippen LogP contribution is 2.02. The van der Waals surface area contributed by atoms with Gasteiger partial charge in [-0.1, -0.05) is 0 Å². The van der Waals surface area contributed by atoms with Gasteiger partial charge < -0.3 is 21.1 Å². The molecule has 1 saturated heterocycles. The van der Waals surface area contributed by atoms with Crippen LogP contribution in [0, 0.1) is 0 Å². The highest BCUT2D eigenvalue weighted by atomic mass is 16.5.